The van der Waals surface area contributed by atoms with Crippen molar-refractivity contribution < 1.29 is 23.2 Å². The molecule has 0 fully saturated rings. The number of hydrogen-bond donors (Lipinski definition) is 0. The zero-order valence-corrected chi connectivity index (χ0v) is 14.8. The van der Waals surface area contributed by atoms with Gasteiger partial charge in [0.15, 0.2) is 5.82 Å². The normalized spacial score (nSPS) is 11.4. The predicted octanol–water partition coefficient (Wildman–Crippen LogP) is 4.75. The number of fused-ring (bicyclic) bond motifs is 1. The number of nitrogens with zero attached hydrogens (tertiary/aromatic N) is 3. The number of esters is 1. The zero-order valence-electron chi connectivity index (χ0n) is 14.1. The maximum Gasteiger partial charge on any atom is 0.331 e. The van der Waals surface area contributed by atoms with Gasteiger partial charge >= 0.3 is 12.5 Å². The highest BCUT2D eigenvalue weighted by Gasteiger charge is 2.18. The lowest BCUT2D eigenvalue weighted by Gasteiger charge is -2.07. The fraction of sp³-hybridized carbons (Fsp3) is 0.111. The van der Waals surface area contributed by atoms with Crippen LogP contribution in [0.3, 0.4) is 0 Å². The molecule has 0 aliphatic rings. The zero-order chi connectivity index (χ0) is 20.3. The summed E-state index contributed by atoms with van der Waals surface area (Å²) in [6.07, 6.45) is 2.32. The van der Waals surface area contributed by atoms with E-state index >= 15 is 0 Å². The van der Waals surface area contributed by atoms with Crippen molar-refractivity contribution in [2.24, 2.45) is 0 Å². The monoisotopic (exact) mass is 407 g/mol. The molecule has 0 saturated carbocycles. The lowest BCUT2D eigenvalue weighted by molar-refractivity contribution is -0.384. The summed E-state index contributed by atoms with van der Waals surface area (Å²) in [5.41, 5.74) is 0.640. The number of aromatic nitrogens is 2. The Hall–Kier alpha value is -3.33. The van der Waals surface area contributed by atoms with Gasteiger partial charge < -0.3 is 4.74 Å². The van der Waals surface area contributed by atoms with E-state index in [1.807, 2.05) is 0 Å². The molecular formula is C18H12ClF2N3O4. The molecule has 28 heavy (non-hydrogen) atoms. The number of para-hydroxylation sites is 2. The number of benzene rings is 2. The molecule has 0 N–H and O–H groups in total. The van der Waals surface area contributed by atoms with E-state index in [-0.39, 0.29) is 22.1 Å². The Balaban J connectivity index is 1.72. The molecular weight excluding hydrogens is 396 g/mol. The molecule has 10 heteroatoms. The first-order valence-corrected chi connectivity index (χ1v) is 8.27. The fourth-order valence-corrected chi connectivity index (χ4v) is 2.72. The van der Waals surface area contributed by atoms with Gasteiger partial charge in [0.05, 0.1) is 16.0 Å². The summed E-state index contributed by atoms with van der Waals surface area (Å²) >= 11 is 5.72. The molecule has 0 atom stereocenters. The number of carbonyl (C=O) groups excluding carboxylic acids is 1. The quantitative estimate of drug-likeness (QED) is 0.255. The van der Waals surface area contributed by atoms with Crippen LogP contribution in [0.2, 0.25) is 5.02 Å². The van der Waals surface area contributed by atoms with Crippen molar-refractivity contribution in [1.82, 2.24) is 9.55 Å². The third kappa shape index (κ3) is 4.15. The largest absolute Gasteiger partial charge is 0.454 e. The Morgan fingerprint density at radius 3 is 2.79 bits per heavy atom. The molecule has 2 aromatic carbocycles. The summed E-state index contributed by atoms with van der Waals surface area (Å²) < 4.78 is 32.3. The SMILES string of the molecule is O=C(/C=C/c1ccc(Cl)c([N+](=O)[O-])c1)OCc1nc2ccccc2n1C(F)F. The van der Waals surface area contributed by atoms with E-state index < -0.39 is 24.0 Å². The van der Waals surface area contributed by atoms with Crippen molar-refractivity contribution >= 4 is 40.4 Å². The van der Waals surface area contributed by atoms with Crippen LogP contribution < -0.4 is 0 Å². The molecule has 0 radical (unpaired) electrons. The number of halogens is 3. The lowest BCUT2D eigenvalue weighted by Crippen LogP contribution is -2.09. The van der Waals surface area contributed by atoms with Crippen LogP contribution in [0.1, 0.15) is 17.9 Å². The summed E-state index contributed by atoms with van der Waals surface area (Å²) in [7, 11) is 0. The van der Waals surface area contributed by atoms with E-state index in [9.17, 15) is 23.7 Å². The summed E-state index contributed by atoms with van der Waals surface area (Å²) in [6, 6.07) is 10.3. The molecule has 0 saturated heterocycles. The maximum absolute atomic E-state index is 13.3. The second-order valence-corrected chi connectivity index (χ2v) is 5.98. The minimum atomic E-state index is -2.84. The first kappa shape index (κ1) is 19.4. The number of nitro benzene ring substituents is 1. The van der Waals surface area contributed by atoms with Gasteiger partial charge in [-0.15, -0.1) is 0 Å². The minimum Gasteiger partial charge on any atom is -0.454 e. The summed E-state index contributed by atoms with van der Waals surface area (Å²) in [4.78, 5) is 26.2. The van der Waals surface area contributed by atoms with Crippen LogP contribution in [0.4, 0.5) is 14.5 Å². The van der Waals surface area contributed by atoms with Crippen LogP contribution in [-0.2, 0) is 16.1 Å². The Labute approximate surface area is 162 Å². The average Bonchev–Trinajstić information content (AvgIpc) is 3.04. The summed E-state index contributed by atoms with van der Waals surface area (Å²) in [5.74, 6) is -0.912. The van der Waals surface area contributed by atoms with Crippen molar-refractivity contribution in [3.05, 3.63) is 75.1 Å². The molecule has 0 aliphatic heterocycles. The van der Waals surface area contributed by atoms with Crippen LogP contribution >= 0.6 is 11.6 Å². The predicted molar refractivity (Wildman–Crippen MR) is 97.9 cm³/mol. The number of nitro groups is 1. The van der Waals surface area contributed by atoms with E-state index in [1.165, 1.54) is 30.3 Å². The highest BCUT2D eigenvalue weighted by molar-refractivity contribution is 6.32. The molecule has 0 spiro atoms. The van der Waals surface area contributed by atoms with Gasteiger partial charge in [-0.25, -0.2) is 9.78 Å². The van der Waals surface area contributed by atoms with Crippen molar-refractivity contribution in [2.75, 3.05) is 0 Å². The van der Waals surface area contributed by atoms with E-state index in [0.717, 1.165) is 6.08 Å². The van der Waals surface area contributed by atoms with Gasteiger partial charge in [-0.1, -0.05) is 29.8 Å². The average molecular weight is 408 g/mol. The first-order valence-electron chi connectivity index (χ1n) is 7.89. The van der Waals surface area contributed by atoms with Gasteiger partial charge in [0.1, 0.15) is 11.6 Å². The highest BCUT2D eigenvalue weighted by atomic mass is 35.5. The van der Waals surface area contributed by atoms with Gasteiger partial charge in [-0.3, -0.25) is 14.7 Å². The highest BCUT2D eigenvalue weighted by Crippen LogP contribution is 2.26. The number of alkyl halides is 2. The van der Waals surface area contributed by atoms with E-state index in [4.69, 9.17) is 16.3 Å². The van der Waals surface area contributed by atoms with Gasteiger partial charge in [-0.2, -0.15) is 8.78 Å². The molecule has 1 aromatic heterocycles. The molecule has 7 nitrogen and oxygen atoms in total. The molecule has 1 heterocycles. The number of hydrogen-bond acceptors (Lipinski definition) is 5. The smallest absolute Gasteiger partial charge is 0.331 e. The molecule has 0 bridgehead atoms. The standard InChI is InChI=1S/C18H12ClF2N3O4/c19-12-7-5-11(9-15(12)24(26)27)6-8-17(25)28-10-16-22-13-3-1-2-4-14(13)23(16)18(20)21/h1-9,18H,10H2/b8-6+. The van der Waals surface area contributed by atoms with Crippen LogP contribution in [-0.4, -0.2) is 20.4 Å². The maximum atomic E-state index is 13.3. The van der Waals surface area contributed by atoms with Crippen molar-refractivity contribution in [1.29, 1.82) is 0 Å². The Morgan fingerprint density at radius 1 is 1.32 bits per heavy atom. The van der Waals surface area contributed by atoms with Gasteiger partial charge in [0.2, 0.25) is 0 Å². The second-order valence-electron chi connectivity index (χ2n) is 5.57. The first-order chi connectivity index (χ1) is 13.4. The Kier molecular flexibility index (Phi) is 5.65. The molecule has 0 aliphatic carbocycles. The third-order valence-electron chi connectivity index (χ3n) is 3.79. The minimum absolute atomic E-state index is 0.0318. The van der Waals surface area contributed by atoms with Crippen LogP contribution in [0.25, 0.3) is 17.1 Å². The van der Waals surface area contributed by atoms with Crippen molar-refractivity contribution in [3.8, 4) is 0 Å². The number of imidazole rings is 1. The van der Waals surface area contributed by atoms with Crippen molar-refractivity contribution in [3.63, 3.8) is 0 Å². The van der Waals surface area contributed by atoms with E-state index in [1.54, 1.807) is 18.2 Å². The Bertz CT molecular complexity index is 1080. The van der Waals surface area contributed by atoms with E-state index in [2.05, 4.69) is 4.98 Å². The third-order valence-corrected chi connectivity index (χ3v) is 4.11. The van der Waals surface area contributed by atoms with Crippen LogP contribution in [0.5, 0.6) is 0 Å². The van der Waals surface area contributed by atoms with Crippen molar-refractivity contribution in [2.45, 2.75) is 13.2 Å². The molecule has 0 amide bonds. The number of ether oxygens (including phenoxy) is 1. The Morgan fingerprint density at radius 2 is 2.07 bits per heavy atom. The number of rotatable bonds is 6. The van der Waals surface area contributed by atoms with Crippen LogP contribution in [0, 0.1) is 10.1 Å². The second kappa shape index (κ2) is 8.13. The van der Waals surface area contributed by atoms with Gasteiger partial charge in [-0.05, 0) is 29.8 Å². The molecule has 3 aromatic rings. The van der Waals surface area contributed by atoms with Crippen LogP contribution in [0.15, 0.2) is 48.5 Å². The summed E-state index contributed by atoms with van der Waals surface area (Å²) in [6.45, 7) is -3.30. The fourth-order valence-electron chi connectivity index (χ4n) is 2.54. The molecule has 0 unspecified atom stereocenters. The molecule has 144 valence electrons. The van der Waals surface area contributed by atoms with Gasteiger partial charge in [0, 0.05) is 12.1 Å². The summed E-state index contributed by atoms with van der Waals surface area (Å²) in [5, 5.41) is 10.8. The van der Waals surface area contributed by atoms with Gasteiger partial charge in [0.25, 0.3) is 5.69 Å². The van der Waals surface area contributed by atoms with E-state index in [0.29, 0.717) is 15.6 Å². The number of carbonyl (C=O) groups is 1. The molecule has 3 rings (SSSR count). The lowest BCUT2D eigenvalue weighted by atomic mass is 10.2. The topological polar surface area (TPSA) is 87.3 Å².